The molecule has 4 aromatic carbocycles. The second-order valence-corrected chi connectivity index (χ2v) is 28.2. The zero-order chi connectivity index (χ0) is 50.8. The van der Waals surface area contributed by atoms with Crippen LogP contribution < -0.4 is 25.4 Å². The third-order valence-corrected chi connectivity index (χ3v) is 23.6. The number of thiazole rings is 1. The molecule has 0 spiro atoms. The van der Waals surface area contributed by atoms with E-state index in [1.54, 1.807) is 68.2 Å². The molecule has 1 saturated heterocycles. The van der Waals surface area contributed by atoms with Crippen molar-refractivity contribution in [3.8, 4) is 11.6 Å². The Balaban J connectivity index is 1.25. The number of β-lactam (4-membered cyclic amide) rings is 1. The number of pyridine rings is 1. The van der Waals surface area contributed by atoms with Gasteiger partial charge in [0.15, 0.2) is 14.1 Å². The number of aromatic nitrogens is 3. The van der Waals surface area contributed by atoms with Crippen LogP contribution in [-0.2, 0) is 27.0 Å². The molecule has 1 fully saturated rings. The van der Waals surface area contributed by atoms with Gasteiger partial charge in [-0.3, -0.25) is 24.1 Å². The maximum atomic E-state index is 15.3. The fourth-order valence-corrected chi connectivity index (χ4v) is 15.7. The van der Waals surface area contributed by atoms with Crippen LogP contribution in [0.15, 0.2) is 134 Å². The molecule has 17 heteroatoms. The minimum atomic E-state index is -3.16. The summed E-state index contributed by atoms with van der Waals surface area (Å²) in [6.45, 7) is 11.4. The number of ether oxygens (including phenoxy) is 3. The van der Waals surface area contributed by atoms with Gasteiger partial charge in [-0.05, 0) is 77.7 Å². The van der Waals surface area contributed by atoms with E-state index >= 15 is 9.59 Å². The van der Waals surface area contributed by atoms with Gasteiger partial charge >= 0.3 is 5.97 Å². The first kappa shape index (κ1) is 50.7. The molecule has 1 aliphatic heterocycles. The number of carbonyl (C=O) groups is 3. The summed E-state index contributed by atoms with van der Waals surface area (Å²) in [6.07, 6.45) is 4.93. The number of nitro groups is 1. The van der Waals surface area contributed by atoms with Gasteiger partial charge in [-0.15, -0.1) is 11.3 Å². The van der Waals surface area contributed by atoms with Crippen LogP contribution in [0, 0.1) is 22.0 Å². The highest BCUT2D eigenvalue weighted by atomic mass is 32.1. The van der Waals surface area contributed by atoms with Crippen LogP contribution in [0.5, 0.6) is 11.6 Å². The second kappa shape index (κ2) is 20.6. The number of rotatable bonds is 18. The normalized spacial score (nSPS) is 16.0. The molecule has 0 saturated carbocycles. The summed E-state index contributed by atoms with van der Waals surface area (Å²) in [5, 5.41) is 13.6. The molecular weight excluding hydrogens is 954 g/mol. The SMILES string of the molecule is COc1ccnc(OC)c1Cc1ncn2cc(C(=O)[C@H](C)[C@@H]3[C@@H]([C@@H](C)O[Si](C)(C)C(C)(C)C)C(=O)N3C=P(c3ccccc3)(c3ccccc3)c3ccccc3C(=O)OCc3ccc([N+](=O)[O-])cc3)sc12. The largest absolute Gasteiger partial charge is 0.496 e. The van der Waals surface area contributed by atoms with Crippen molar-refractivity contribution < 1.29 is 37.9 Å². The number of hydrogen-bond acceptors (Lipinski definition) is 12. The van der Waals surface area contributed by atoms with E-state index in [4.69, 9.17) is 23.6 Å². The molecular formula is C54H58N5O9PSSi. The molecule has 7 aromatic rings. The number of Topliss-reactive ketones (excluding diaryl/α,β-unsaturated/α-hetero) is 1. The first-order valence-electron chi connectivity index (χ1n) is 23.3. The van der Waals surface area contributed by atoms with Crippen LogP contribution in [0.4, 0.5) is 5.69 Å². The number of imidazole rings is 1. The molecule has 4 heterocycles. The average molecular weight is 1010 g/mol. The number of ketones is 1. The van der Waals surface area contributed by atoms with E-state index in [0.717, 1.165) is 26.7 Å². The highest BCUT2D eigenvalue weighted by Crippen LogP contribution is 2.49. The van der Waals surface area contributed by atoms with E-state index in [2.05, 4.69) is 38.8 Å². The lowest BCUT2D eigenvalue weighted by atomic mass is 9.75. The van der Waals surface area contributed by atoms with Crippen molar-refractivity contribution in [3.63, 3.8) is 0 Å². The summed E-state index contributed by atoms with van der Waals surface area (Å²) < 4.78 is 26.1. The van der Waals surface area contributed by atoms with Gasteiger partial charge in [0.05, 0.1) is 58.9 Å². The Morgan fingerprint density at radius 1 is 0.887 bits per heavy atom. The third kappa shape index (κ3) is 9.86. The molecule has 0 radical (unpaired) electrons. The monoisotopic (exact) mass is 1010 g/mol. The van der Waals surface area contributed by atoms with E-state index in [-0.39, 0.29) is 29.0 Å². The van der Waals surface area contributed by atoms with Crippen molar-refractivity contribution in [2.24, 2.45) is 11.8 Å². The predicted octanol–water partition coefficient (Wildman–Crippen LogP) is 9.47. The quantitative estimate of drug-likeness (QED) is 0.0153. The maximum absolute atomic E-state index is 15.3. The summed E-state index contributed by atoms with van der Waals surface area (Å²) in [4.78, 5) is 68.0. The van der Waals surface area contributed by atoms with E-state index in [1.807, 2.05) is 97.0 Å². The number of non-ortho nitro benzene ring substituents is 1. The Bertz CT molecular complexity index is 3090. The van der Waals surface area contributed by atoms with Gasteiger partial charge in [0.1, 0.15) is 23.5 Å². The van der Waals surface area contributed by atoms with E-state index in [1.165, 1.54) is 23.5 Å². The van der Waals surface area contributed by atoms with Gasteiger partial charge in [0.25, 0.3) is 5.69 Å². The zero-order valence-corrected chi connectivity index (χ0v) is 44.0. The number of fused-ring (bicyclic) bond motifs is 1. The lowest BCUT2D eigenvalue weighted by Crippen LogP contribution is -2.68. The number of methoxy groups -OCH3 is 2. The standard InChI is InChI=1S/C54H58N5O9PSSi/c1-35(49(60)46-31-57-33-56-43(52(57)70-46)30-42-44(65-6)28-29-55-50(42)66-7)48-47(36(2)68-71(8,9)54(3,4)5)51(61)58(48)34-69(39-18-12-10-13-19-39,40-20-14-11-15-21-40)45-23-17-16-22-41(45)53(62)67-32-37-24-26-38(27-25-37)59(63)64/h10-29,31,33-36,47-48H,30,32H2,1-9H3/t35-,36-,47-,48-/m1/s1. The van der Waals surface area contributed by atoms with E-state index in [9.17, 15) is 14.9 Å². The van der Waals surface area contributed by atoms with Gasteiger partial charge in [-0.25, -0.2) is 14.8 Å². The summed E-state index contributed by atoms with van der Waals surface area (Å²) >= 11 is 1.34. The molecule has 0 aliphatic carbocycles. The summed E-state index contributed by atoms with van der Waals surface area (Å²) in [5.74, 6) is 0.721. The Kier molecular flexibility index (Phi) is 14.7. The first-order valence-corrected chi connectivity index (χ1v) is 28.9. The van der Waals surface area contributed by atoms with E-state index < -0.39 is 50.1 Å². The van der Waals surface area contributed by atoms with Gasteiger partial charge in [-0.1, -0.05) is 107 Å². The Hall–Kier alpha value is -6.71. The fourth-order valence-electron chi connectivity index (χ4n) is 9.08. The molecule has 1 aliphatic rings. The number of likely N-dealkylation sites (tertiary alicyclic amines) is 1. The van der Waals surface area contributed by atoms with Crippen molar-refractivity contribution in [3.05, 3.63) is 171 Å². The second-order valence-electron chi connectivity index (χ2n) is 19.2. The lowest BCUT2D eigenvalue weighted by Gasteiger charge is -2.53. The number of amides is 1. The highest BCUT2D eigenvalue weighted by molar-refractivity contribution is 7.94. The number of nitro benzene ring substituents is 1. The predicted molar refractivity (Wildman–Crippen MR) is 282 cm³/mol. The average Bonchev–Trinajstić information content (AvgIpc) is 3.96. The molecule has 8 rings (SSSR count). The summed E-state index contributed by atoms with van der Waals surface area (Å²) in [7, 11) is 0.724. The molecule has 0 N–H and O–H groups in total. The molecule has 4 atom stereocenters. The van der Waals surface area contributed by atoms with E-state index in [0.29, 0.717) is 39.4 Å². The highest BCUT2D eigenvalue weighted by Gasteiger charge is 2.56. The van der Waals surface area contributed by atoms with Crippen molar-refractivity contribution >= 4 is 76.6 Å². The minimum Gasteiger partial charge on any atom is -0.496 e. The number of benzene rings is 4. The van der Waals surface area contributed by atoms with Crippen molar-refractivity contribution in [2.45, 2.75) is 77.9 Å². The van der Waals surface area contributed by atoms with Crippen molar-refractivity contribution in [1.29, 1.82) is 0 Å². The first-order chi connectivity index (χ1) is 33.9. The number of esters is 1. The van der Waals surface area contributed by atoms with Crippen molar-refractivity contribution in [2.75, 3.05) is 14.2 Å². The lowest BCUT2D eigenvalue weighted by molar-refractivity contribution is -0.384. The smallest absolute Gasteiger partial charge is 0.339 e. The number of hydrogen-bond donors (Lipinski definition) is 0. The van der Waals surface area contributed by atoms with Crippen LogP contribution >= 0.6 is 18.2 Å². The van der Waals surface area contributed by atoms with Crippen LogP contribution in [0.2, 0.25) is 18.1 Å². The summed E-state index contributed by atoms with van der Waals surface area (Å²) in [6, 6.07) is 34.0. The van der Waals surface area contributed by atoms with Gasteiger partial charge in [-0.2, -0.15) is 0 Å². The van der Waals surface area contributed by atoms with Crippen molar-refractivity contribution in [1.82, 2.24) is 19.3 Å². The number of nitrogens with zero attached hydrogens (tertiary/aromatic N) is 5. The zero-order valence-electron chi connectivity index (χ0n) is 41.3. The topological polar surface area (TPSA) is 165 Å². The summed E-state index contributed by atoms with van der Waals surface area (Å²) in [5.41, 5.74) is 2.26. The van der Waals surface area contributed by atoms with Crippen LogP contribution in [0.1, 0.15) is 71.5 Å². The molecule has 368 valence electrons. The van der Waals surface area contributed by atoms with Crippen LogP contribution in [-0.4, -0.2) is 82.5 Å². The van der Waals surface area contributed by atoms with Crippen LogP contribution in [0.25, 0.3) is 4.83 Å². The fraction of sp³-hybridized carbons (Fsp3) is 0.296. The maximum Gasteiger partial charge on any atom is 0.339 e. The number of carbonyl (C=O) groups excluding carboxylic acids is 3. The van der Waals surface area contributed by atoms with Gasteiger partial charge in [0.2, 0.25) is 11.8 Å². The molecule has 14 nitrogen and oxygen atoms in total. The Morgan fingerprint density at radius 2 is 1.52 bits per heavy atom. The van der Waals surface area contributed by atoms with Gasteiger partial charge < -0.3 is 23.5 Å². The van der Waals surface area contributed by atoms with Gasteiger partial charge in [0, 0.05) is 42.8 Å². The molecule has 71 heavy (non-hydrogen) atoms. The molecule has 3 aromatic heterocycles. The molecule has 1 amide bonds. The molecule has 0 bridgehead atoms. The molecule has 0 unspecified atom stereocenters. The minimum absolute atomic E-state index is 0.0705. The third-order valence-electron chi connectivity index (χ3n) is 13.8. The Labute approximate surface area is 418 Å². The van der Waals surface area contributed by atoms with Crippen LogP contribution in [0.3, 0.4) is 0 Å². The Morgan fingerprint density at radius 3 is 2.13 bits per heavy atom.